The van der Waals surface area contributed by atoms with Crippen molar-refractivity contribution in [3.63, 3.8) is 0 Å². The molecule has 0 bridgehead atoms. The molecule has 0 radical (unpaired) electrons. The van der Waals surface area contributed by atoms with Crippen molar-refractivity contribution in [1.29, 1.82) is 0 Å². The number of nitrogens with one attached hydrogen (secondary N) is 1. The molecular formula is C15H12ClN3O3. The molecule has 0 aliphatic rings. The zero-order valence-electron chi connectivity index (χ0n) is 11.4. The van der Waals surface area contributed by atoms with E-state index in [1.165, 1.54) is 12.1 Å². The van der Waals surface area contributed by atoms with Gasteiger partial charge >= 0.3 is 0 Å². The summed E-state index contributed by atoms with van der Waals surface area (Å²) in [6, 6.07) is 15.1. The number of hydrogen-bond acceptors (Lipinski definition) is 4. The van der Waals surface area contributed by atoms with E-state index in [-0.39, 0.29) is 11.6 Å². The van der Waals surface area contributed by atoms with Gasteiger partial charge in [-0.15, -0.1) is 11.6 Å². The van der Waals surface area contributed by atoms with E-state index >= 15 is 0 Å². The lowest BCUT2D eigenvalue weighted by atomic mass is 10.0. The molecule has 2 rings (SSSR count). The number of hydrogen-bond donors (Lipinski definition) is 1. The number of nitrogens with zero attached hydrogens (tertiary/aromatic N) is 2. The molecule has 0 unspecified atom stereocenters. The highest BCUT2D eigenvalue weighted by molar-refractivity contribution is 6.27. The van der Waals surface area contributed by atoms with Gasteiger partial charge in [0.15, 0.2) is 0 Å². The maximum absolute atomic E-state index is 11.3. The van der Waals surface area contributed by atoms with E-state index in [0.717, 1.165) is 5.56 Å². The third-order valence-electron chi connectivity index (χ3n) is 2.81. The summed E-state index contributed by atoms with van der Waals surface area (Å²) in [4.78, 5) is 21.5. The lowest BCUT2D eigenvalue weighted by molar-refractivity contribution is -0.384. The summed E-state index contributed by atoms with van der Waals surface area (Å²) in [5.41, 5.74) is 4.25. The highest BCUT2D eigenvalue weighted by atomic mass is 35.5. The Kier molecular flexibility index (Phi) is 5.21. The molecule has 0 aromatic heterocycles. The highest BCUT2D eigenvalue weighted by Crippen LogP contribution is 2.16. The maximum Gasteiger partial charge on any atom is 0.269 e. The molecule has 0 atom stereocenters. The third kappa shape index (κ3) is 3.89. The SMILES string of the molecule is O=C(CCl)N/N=C(\c1ccccc1)c1ccc([N+](=O)[O-])cc1. The molecular weight excluding hydrogens is 306 g/mol. The van der Waals surface area contributed by atoms with Crippen molar-refractivity contribution in [2.45, 2.75) is 0 Å². The van der Waals surface area contributed by atoms with Gasteiger partial charge in [-0.3, -0.25) is 14.9 Å². The minimum absolute atomic E-state index is 0.0130. The lowest BCUT2D eigenvalue weighted by Gasteiger charge is -2.07. The van der Waals surface area contributed by atoms with Gasteiger partial charge in [-0.1, -0.05) is 30.3 Å². The molecule has 6 nitrogen and oxygen atoms in total. The molecule has 0 aliphatic carbocycles. The van der Waals surface area contributed by atoms with Crippen molar-refractivity contribution in [1.82, 2.24) is 5.43 Å². The first-order valence-electron chi connectivity index (χ1n) is 6.34. The molecule has 1 amide bonds. The van der Waals surface area contributed by atoms with Crippen LogP contribution in [0.2, 0.25) is 0 Å². The molecule has 22 heavy (non-hydrogen) atoms. The Morgan fingerprint density at radius 3 is 2.23 bits per heavy atom. The minimum Gasteiger partial charge on any atom is -0.272 e. The van der Waals surface area contributed by atoms with Crippen LogP contribution in [0.4, 0.5) is 5.69 Å². The standard InChI is InChI=1S/C15H12ClN3O3/c16-10-14(20)17-18-15(11-4-2-1-3-5-11)12-6-8-13(9-7-12)19(21)22/h1-9H,10H2,(H,17,20)/b18-15+. The van der Waals surface area contributed by atoms with E-state index in [0.29, 0.717) is 11.3 Å². The number of carbonyl (C=O) groups is 1. The minimum atomic E-state index is -0.474. The second-order valence-electron chi connectivity index (χ2n) is 4.30. The van der Waals surface area contributed by atoms with Gasteiger partial charge in [0.2, 0.25) is 0 Å². The van der Waals surface area contributed by atoms with Crippen molar-refractivity contribution in [3.8, 4) is 0 Å². The van der Waals surface area contributed by atoms with Gasteiger partial charge in [0, 0.05) is 23.3 Å². The maximum atomic E-state index is 11.3. The number of non-ortho nitro benzene ring substituents is 1. The van der Waals surface area contributed by atoms with E-state index < -0.39 is 10.8 Å². The molecule has 0 saturated heterocycles. The van der Waals surface area contributed by atoms with Crippen LogP contribution in [0.5, 0.6) is 0 Å². The van der Waals surface area contributed by atoms with Crippen LogP contribution in [0, 0.1) is 10.1 Å². The van der Waals surface area contributed by atoms with Crippen LogP contribution in [0.3, 0.4) is 0 Å². The molecule has 0 fully saturated rings. The number of amides is 1. The molecule has 0 heterocycles. The number of rotatable bonds is 5. The fourth-order valence-corrected chi connectivity index (χ4v) is 1.84. The second-order valence-corrected chi connectivity index (χ2v) is 4.57. The van der Waals surface area contributed by atoms with Crippen molar-refractivity contribution in [2.75, 3.05) is 5.88 Å². The molecule has 2 aromatic rings. The fourth-order valence-electron chi connectivity index (χ4n) is 1.78. The largest absolute Gasteiger partial charge is 0.272 e. The van der Waals surface area contributed by atoms with Gasteiger partial charge in [0.25, 0.3) is 11.6 Å². The van der Waals surface area contributed by atoms with Crippen LogP contribution in [-0.2, 0) is 4.79 Å². The summed E-state index contributed by atoms with van der Waals surface area (Å²) in [5.74, 6) is -0.636. The quantitative estimate of drug-likeness (QED) is 0.398. The third-order valence-corrected chi connectivity index (χ3v) is 3.06. The molecule has 7 heteroatoms. The van der Waals surface area contributed by atoms with Crippen LogP contribution in [-0.4, -0.2) is 22.4 Å². The van der Waals surface area contributed by atoms with Crippen molar-refractivity contribution in [2.24, 2.45) is 5.10 Å². The first kappa shape index (κ1) is 15.7. The van der Waals surface area contributed by atoms with E-state index in [1.807, 2.05) is 30.3 Å². The zero-order chi connectivity index (χ0) is 15.9. The smallest absolute Gasteiger partial charge is 0.269 e. The predicted molar refractivity (Wildman–Crippen MR) is 84.0 cm³/mol. The summed E-state index contributed by atoms with van der Waals surface area (Å²) in [6.45, 7) is 0. The Balaban J connectivity index is 2.40. The summed E-state index contributed by atoms with van der Waals surface area (Å²) in [6.07, 6.45) is 0. The number of halogens is 1. The molecule has 2 aromatic carbocycles. The summed E-state index contributed by atoms with van der Waals surface area (Å²) in [7, 11) is 0. The first-order chi connectivity index (χ1) is 10.6. The molecule has 112 valence electrons. The Labute approximate surface area is 131 Å². The number of carbonyl (C=O) groups excluding carboxylic acids is 1. The topological polar surface area (TPSA) is 84.6 Å². The fraction of sp³-hybridized carbons (Fsp3) is 0.0667. The van der Waals surface area contributed by atoms with Gasteiger partial charge in [-0.2, -0.15) is 5.10 Å². The van der Waals surface area contributed by atoms with E-state index in [9.17, 15) is 14.9 Å². The predicted octanol–water partition coefficient (Wildman–Crippen LogP) is 2.70. The van der Waals surface area contributed by atoms with Crippen molar-refractivity contribution in [3.05, 3.63) is 75.8 Å². The average molecular weight is 318 g/mol. The van der Waals surface area contributed by atoms with E-state index in [2.05, 4.69) is 10.5 Å². The van der Waals surface area contributed by atoms with Gasteiger partial charge in [0.1, 0.15) is 5.88 Å². The summed E-state index contributed by atoms with van der Waals surface area (Å²) >= 11 is 5.43. The number of hydrazone groups is 1. The average Bonchev–Trinajstić information content (AvgIpc) is 2.56. The molecule has 0 aliphatic heterocycles. The molecule has 1 N–H and O–H groups in total. The second kappa shape index (κ2) is 7.33. The highest BCUT2D eigenvalue weighted by Gasteiger charge is 2.10. The zero-order valence-corrected chi connectivity index (χ0v) is 12.2. The van der Waals surface area contributed by atoms with Crippen LogP contribution in [0.25, 0.3) is 0 Å². The normalized spacial score (nSPS) is 11.0. The Bertz CT molecular complexity index is 700. The number of alkyl halides is 1. The molecule has 0 saturated carbocycles. The lowest BCUT2D eigenvalue weighted by Crippen LogP contribution is -2.21. The van der Waals surface area contributed by atoms with Crippen LogP contribution in [0.1, 0.15) is 11.1 Å². The van der Waals surface area contributed by atoms with Gasteiger partial charge < -0.3 is 0 Å². The van der Waals surface area contributed by atoms with E-state index in [1.54, 1.807) is 12.1 Å². The summed E-state index contributed by atoms with van der Waals surface area (Å²) in [5, 5.41) is 14.8. The molecule has 0 spiro atoms. The van der Waals surface area contributed by atoms with E-state index in [4.69, 9.17) is 11.6 Å². The first-order valence-corrected chi connectivity index (χ1v) is 6.88. The van der Waals surface area contributed by atoms with Crippen LogP contribution in [0.15, 0.2) is 59.7 Å². The van der Waals surface area contributed by atoms with Crippen molar-refractivity contribution < 1.29 is 9.72 Å². The Hall–Kier alpha value is -2.73. The summed E-state index contributed by atoms with van der Waals surface area (Å²) < 4.78 is 0. The monoisotopic (exact) mass is 317 g/mol. The number of nitro groups is 1. The number of nitro benzene ring substituents is 1. The van der Waals surface area contributed by atoms with Gasteiger partial charge in [-0.05, 0) is 12.1 Å². The number of benzene rings is 2. The van der Waals surface area contributed by atoms with Crippen molar-refractivity contribution >= 4 is 28.9 Å². The van der Waals surface area contributed by atoms with Crippen LogP contribution < -0.4 is 5.43 Å². The van der Waals surface area contributed by atoms with Gasteiger partial charge in [0.05, 0.1) is 10.6 Å². The van der Waals surface area contributed by atoms with Crippen LogP contribution >= 0.6 is 11.6 Å². The Morgan fingerprint density at radius 2 is 1.68 bits per heavy atom. The Morgan fingerprint density at radius 1 is 1.09 bits per heavy atom. The van der Waals surface area contributed by atoms with Gasteiger partial charge in [-0.25, -0.2) is 5.43 Å².